The number of hydrazine groups is 1. The SMILES string of the molecule is Cc1cc(-c2ncc(Cl)c(-c3ccccc3S(=O)(=O)C(C)C)n2)c2c(c1C1CCN(S(=O)(=O)C(C)C)CC1)CC(C)O2.NN. The van der Waals surface area contributed by atoms with Gasteiger partial charge in [-0.3, -0.25) is 11.7 Å². The molecule has 13 heteroatoms. The first kappa shape index (κ1) is 34.3. The molecule has 0 radical (unpaired) electrons. The van der Waals surface area contributed by atoms with Crippen molar-refractivity contribution in [1.82, 2.24) is 14.3 Å². The van der Waals surface area contributed by atoms with Crippen LogP contribution < -0.4 is 16.4 Å². The van der Waals surface area contributed by atoms with E-state index in [-0.39, 0.29) is 21.9 Å². The number of ether oxygens (including phenoxy) is 1. The molecule has 0 saturated carbocycles. The smallest absolute Gasteiger partial charge is 0.216 e. The Morgan fingerprint density at radius 2 is 1.64 bits per heavy atom. The Morgan fingerprint density at radius 3 is 2.25 bits per heavy atom. The van der Waals surface area contributed by atoms with Crippen LogP contribution in [0.3, 0.4) is 0 Å². The monoisotopic (exact) mass is 663 g/mol. The molecular weight excluding hydrogens is 622 g/mol. The number of rotatable bonds is 7. The van der Waals surface area contributed by atoms with Crippen molar-refractivity contribution >= 4 is 31.5 Å². The average molecular weight is 664 g/mol. The minimum Gasteiger partial charge on any atom is -0.489 e. The highest BCUT2D eigenvalue weighted by molar-refractivity contribution is 7.92. The average Bonchev–Trinajstić information content (AvgIpc) is 3.39. The predicted molar refractivity (Wildman–Crippen MR) is 175 cm³/mol. The third-order valence-electron chi connectivity index (χ3n) is 8.31. The first-order chi connectivity index (χ1) is 20.7. The molecule has 5 rings (SSSR count). The molecule has 1 saturated heterocycles. The Bertz CT molecular complexity index is 1740. The maximum absolute atomic E-state index is 13.2. The zero-order valence-electron chi connectivity index (χ0n) is 26.0. The summed E-state index contributed by atoms with van der Waals surface area (Å²) in [6, 6.07) is 8.80. The number of aromatic nitrogens is 2. The van der Waals surface area contributed by atoms with E-state index in [1.165, 1.54) is 11.8 Å². The summed E-state index contributed by atoms with van der Waals surface area (Å²) in [5.41, 5.74) is 4.93. The van der Waals surface area contributed by atoms with E-state index < -0.39 is 30.4 Å². The van der Waals surface area contributed by atoms with Gasteiger partial charge in [-0.05, 0) is 83.6 Å². The molecule has 10 nitrogen and oxygen atoms in total. The summed E-state index contributed by atoms with van der Waals surface area (Å²) in [6.45, 7) is 11.9. The van der Waals surface area contributed by atoms with E-state index in [0.717, 1.165) is 41.7 Å². The van der Waals surface area contributed by atoms with Crippen molar-refractivity contribution in [2.45, 2.75) is 88.2 Å². The van der Waals surface area contributed by atoms with Crippen LogP contribution >= 0.6 is 11.6 Å². The Kier molecular flexibility index (Phi) is 10.4. The van der Waals surface area contributed by atoms with Crippen LogP contribution in [0.15, 0.2) is 41.4 Å². The van der Waals surface area contributed by atoms with Crippen molar-refractivity contribution in [3.63, 3.8) is 0 Å². The van der Waals surface area contributed by atoms with Crippen LogP contribution in [0.5, 0.6) is 5.75 Å². The molecule has 1 atom stereocenters. The van der Waals surface area contributed by atoms with E-state index in [2.05, 4.69) is 23.6 Å². The van der Waals surface area contributed by atoms with E-state index in [0.29, 0.717) is 30.2 Å². The fourth-order valence-corrected chi connectivity index (χ4v) is 8.79. The van der Waals surface area contributed by atoms with Gasteiger partial charge in [-0.25, -0.2) is 31.1 Å². The second-order valence-electron chi connectivity index (χ2n) is 11.8. The van der Waals surface area contributed by atoms with Crippen LogP contribution in [0.4, 0.5) is 0 Å². The van der Waals surface area contributed by atoms with Crippen molar-refractivity contribution in [3.05, 3.63) is 58.2 Å². The van der Waals surface area contributed by atoms with Gasteiger partial charge in [0.15, 0.2) is 15.7 Å². The summed E-state index contributed by atoms with van der Waals surface area (Å²) in [5, 5.41) is -0.785. The van der Waals surface area contributed by atoms with Gasteiger partial charge in [-0.15, -0.1) is 0 Å². The Hall–Kier alpha value is -2.61. The highest BCUT2D eigenvalue weighted by atomic mass is 35.5. The number of hydrogen-bond acceptors (Lipinski definition) is 9. The predicted octanol–water partition coefficient (Wildman–Crippen LogP) is 5.01. The highest BCUT2D eigenvalue weighted by Gasteiger charge is 2.35. The molecule has 3 aromatic rings. The molecule has 240 valence electrons. The van der Waals surface area contributed by atoms with Crippen molar-refractivity contribution in [3.8, 4) is 28.4 Å². The molecule has 0 amide bonds. The van der Waals surface area contributed by atoms with E-state index >= 15 is 0 Å². The van der Waals surface area contributed by atoms with Gasteiger partial charge in [0.25, 0.3) is 0 Å². The second-order valence-corrected chi connectivity index (χ2v) is 17.2. The van der Waals surface area contributed by atoms with Crippen LogP contribution in [0.25, 0.3) is 22.6 Å². The lowest BCUT2D eigenvalue weighted by Crippen LogP contribution is -2.41. The van der Waals surface area contributed by atoms with Gasteiger partial charge in [0, 0.05) is 30.6 Å². The largest absolute Gasteiger partial charge is 0.489 e. The van der Waals surface area contributed by atoms with E-state index in [1.54, 1.807) is 56.3 Å². The van der Waals surface area contributed by atoms with Gasteiger partial charge in [-0.2, -0.15) is 0 Å². The van der Waals surface area contributed by atoms with E-state index in [9.17, 15) is 16.8 Å². The molecule has 0 spiro atoms. The molecule has 1 unspecified atom stereocenters. The minimum atomic E-state index is -3.59. The van der Waals surface area contributed by atoms with Gasteiger partial charge in [0.1, 0.15) is 11.9 Å². The van der Waals surface area contributed by atoms with Gasteiger partial charge in [0.2, 0.25) is 10.0 Å². The van der Waals surface area contributed by atoms with Gasteiger partial charge in [-0.1, -0.05) is 29.8 Å². The van der Waals surface area contributed by atoms with Crippen LogP contribution in [0, 0.1) is 6.92 Å². The molecule has 3 heterocycles. The second kappa shape index (κ2) is 13.4. The summed E-state index contributed by atoms with van der Waals surface area (Å²) in [7, 11) is -6.88. The number of sulfone groups is 1. The Balaban J connectivity index is 0.00000216. The molecule has 2 aliphatic heterocycles. The molecule has 4 N–H and O–H groups in total. The van der Waals surface area contributed by atoms with Gasteiger partial charge < -0.3 is 4.74 Å². The Labute approximate surface area is 266 Å². The fourth-order valence-electron chi connectivity index (χ4n) is 6.03. The molecule has 2 aromatic carbocycles. The van der Waals surface area contributed by atoms with Crippen LogP contribution in [0.2, 0.25) is 5.02 Å². The standard InChI is InChI=1S/C31H38ClN3O5S2.H4N2/c1-18(2)41(36,37)27-10-8-7-9-23(27)29-26(32)17-33-31(34-29)25-15-20(5)28(24-16-21(6)40-30(24)25)22-11-13-35(14-12-22)42(38,39)19(3)4;1-2/h7-10,15,17-19,21-22H,11-14,16H2,1-6H3;1-2H2. The lowest BCUT2D eigenvalue weighted by Gasteiger charge is -2.34. The number of nitrogens with zero attached hydrogens (tertiary/aromatic N) is 3. The highest BCUT2D eigenvalue weighted by Crippen LogP contribution is 2.46. The summed E-state index contributed by atoms with van der Waals surface area (Å²) in [6.07, 6.45) is 3.70. The van der Waals surface area contributed by atoms with Crippen molar-refractivity contribution in [1.29, 1.82) is 0 Å². The maximum atomic E-state index is 13.2. The maximum Gasteiger partial charge on any atom is 0.216 e. The normalized spacial score (nSPS) is 17.8. The number of fused-ring (bicyclic) bond motifs is 1. The van der Waals surface area contributed by atoms with Crippen LogP contribution in [-0.2, 0) is 26.3 Å². The first-order valence-electron chi connectivity index (χ1n) is 14.7. The lowest BCUT2D eigenvalue weighted by molar-refractivity contribution is 0.255. The topological polar surface area (TPSA) is 159 Å². The summed E-state index contributed by atoms with van der Waals surface area (Å²) < 4.78 is 59.8. The zero-order chi connectivity index (χ0) is 32.6. The summed E-state index contributed by atoms with van der Waals surface area (Å²) in [5.74, 6) is 9.36. The first-order valence-corrected chi connectivity index (χ1v) is 18.2. The van der Waals surface area contributed by atoms with E-state index in [1.807, 2.05) is 13.0 Å². The lowest BCUT2D eigenvalue weighted by atomic mass is 9.82. The minimum absolute atomic E-state index is 0.0376. The summed E-state index contributed by atoms with van der Waals surface area (Å²) >= 11 is 6.58. The summed E-state index contributed by atoms with van der Waals surface area (Å²) in [4.78, 5) is 9.56. The molecule has 0 bridgehead atoms. The third-order valence-corrected chi connectivity index (χ3v) is 13.1. The number of nitrogens with two attached hydrogens (primary N) is 2. The number of halogens is 1. The zero-order valence-corrected chi connectivity index (χ0v) is 28.4. The quantitative estimate of drug-likeness (QED) is 0.262. The van der Waals surface area contributed by atoms with Gasteiger partial charge >= 0.3 is 0 Å². The molecule has 1 fully saturated rings. The van der Waals surface area contributed by atoms with Crippen LogP contribution in [-0.4, -0.2) is 60.8 Å². The fraction of sp³-hybridized carbons (Fsp3) is 0.484. The Morgan fingerprint density at radius 1 is 1.00 bits per heavy atom. The molecule has 2 aliphatic rings. The number of piperidine rings is 1. The number of sulfonamides is 1. The number of benzene rings is 2. The van der Waals surface area contributed by atoms with E-state index in [4.69, 9.17) is 21.3 Å². The van der Waals surface area contributed by atoms with Crippen molar-refractivity contribution in [2.75, 3.05) is 13.1 Å². The van der Waals surface area contributed by atoms with Gasteiger partial charge in [0.05, 0.1) is 37.9 Å². The third kappa shape index (κ3) is 6.38. The molecule has 0 aliphatic carbocycles. The molecular formula is C31H42ClN5O5S2. The number of hydrogen-bond donors (Lipinski definition) is 2. The number of aryl methyl sites for hydroxylation is 1. The molecule has 1 aromatic heterocycles. The van der Waals surface area contributed by atoms with Crippen LogP contribution in [0.1, 0.15) is 70.1 Å². The molecule has 44 heavy (non-hydrogen) atoms. The van der Waals surface area contributed by atoms with Crippen molar-refractivity contribution < 1.29 is 21.6 Å². The van der Waals surface area contributed by atoms with Crippen molar-refractivity contribution in [2.24, 2.45) is 11.7 Å².